The largest absolute Gasteiger partial charge is 0.466 e. The van der Waals surface area contributed by atoms with Crippen LogP contribution in [-0.2, 0) is 9.53 Å². The number of hydrogen-bond acceptors (Lipinski definition) is 5. The molecule has 0 unspecified atom stereocenters. The molecule has 1 aliphatic heterocycles. The number of ether oxygens (including phenoxy) is 1. The van der Waals surface area contributed by atoms with Gasteiger partial charge in [0.15, 0.2) is 5.69 Å². The van der Waals surface area contributed by atoms with E-state index < -0.39 is 11.3 Å². The molecule has 2 aromatic rings. The lowest BCUT2D eigenvalue weighted by Crippen LogP contribution is -2.44. The molecular formula is C20H23N3O4. The molecule has 0 bridgehead atoms. The van der Waals surface area contributed by atoms with E-state index in [1.54, 1.807) is 18.5 Å². The number of para-hydroxylation sites is 1. The van der Waals surface area contributed by atoms with Crippen LogP contribution in [0.5, 0.6) is 0 Å². The van der Waals surface area contributed by atoms with Gasteiger partial charge in [0.1, 0.15) is 0 Å². The number of hydrogen-bond donors (Lipinski definition) is 0. The Morgan fingerprint density at radius 1 is 1.26 bits per heavy atom. The van der Waals surface area contributed by atoms with Gasteiger partial charge in [-0.2, -0.15) is 5.10 Å². The number of amides is 1. The molecule has 0 saturated carbocycles. The molecule has 142 valence electrons. The number of piperidine rings is 1. The van der Waals surface area contributed by atoms with Gasteiger partial charge < -0.3 is 9.64 Å². The van der Waals surface area contributed by atoms with Crippen molar-refractivity contribution < 1.29 is 14.3 Å². The van der Waals surface area contributed by atoms with Crippen molar-refractivity contribution in [2.24, 2.45) is 5.92 Å². The predicted octanol–water partition coefficient (Wildman–Crippen LogP) is 1.96. The highest BCUT2D eigenvalue weighted by Gasteiger charge is 2.31. The maximum Gasteiger partial charge on any atom is 0.310 e. The van der Waals surface area contributed by atoms with Crippen LogP contribution in [0.2, 0.25) is 0 Å². The molecule has 1 atom stereocenters. The average Bonchev–Trinajstić information content (AvgIpc) is 2.68. The van der Waals surface area contributed by atoms with Gasteiger partial charge in [0, 0.05) is 24.8 Å². The van der Waals surface area contributed by atoms with Crippen LogP contribution >= 0.6 is 0 Å². The summed E-state index contributed by atoms with van der Waals surface area (Å²) in [5.74, 6) is -1.10. The summed E-state index contributed by atoms with van der Waals surface area (Å²) in [6.45, 7) is 4.58. The molecule has 0 N–H and O–H groups in total. The fraction of sp³-hybridized carbons (Fsp3) is 0.400. The molecule has 1 aliphatic rings. The van der Waals surface area contributed by atoms with Gasteiger partial charge in [0.25, 0.3) is 5.91 Å². The number of aromatic nitrogens is 2. The van der Waals surface area contributed by atoms with E-state index in [1.165, 1.54) is 11.0 Å². The van der Waals surface area contributed by atoms with Crippen molar-refractivity contribution in [2.45, 2.75) is 26.7 Å². The fourth-order valence-corrected chi connectivity index (χ4v) is 3.29. The maximum absolute atomic E-state index is 12.9. The molecule has 7 heteroatoms. The maximum atomic E-state index is 12.9. The third-order valence-electron chi connectivity index (χ3n) is 4.64. The molecule has 0 spiro atoms. The smallest absolute Gasteiger partial charge is 0.310 e. The van der Waals surface area contributed by atoms with Gasteiger partial charge >= 0.3 is 5.97 Å². The van der Waals surface area contributed by atoms with Crippen LogP contribution in [0.1, 0.15) is 35.9 Å². The number of carbonyl (C=O) groups excluding carboxylic acids is 2. The van der Waals surface area contributed by atoms with Crippen LogP contribution < -0.4 is 5.43 Å². The van der Waals surface area contributed by atoms with E-state index in [4.69, 9.17) is 4.74 Å². The van der Waals surface area contributed by atoms with E-state index in [2.05, 4.69) is 5.10 Å². The van der Waals surface area contributed by atoms with Gasteiger partial charge in [-0.05, 0) is 38.8 Å². The van der Waals surface area contributed by atoms with Gasteiger partial charge in [-0.3, -0.25) is 14.4 Å². The Hall–Kier alpha value is -2.96. The molecule has 1 saturated heterocycles. The van der Waals surface area contributed by atoms with Gasteiger partial charge in [-0.1, -0.05) is 18.2 Å². The molecule has 2 heterocycles. The summed E-state index contributed by atoms with van der Waals surface area (Å²) < 4.78 is 6.66. The van der Waals surface area contributed by atoms with Crippen molar-refractivity contribution in [3.05, 3.63) is 58.0 Å². The zero-order valence-electron chi connectivity index (χ0n) is 15.6. The highest BCUT2D eigenvalue weighted by atomic mass is 16.5. The average molecular weight is 369 g/mol. The monoisotopic (exact) mass is 369 g/mol. The Bertz CT molecular complexity index is 892. The van der Waals surface area contributed by atoms with Crippen molar-refractivity contribution in [1.82, 2.24) is 14.7 Å². The zero-order valence-corrected chi connectivity index (χ0v) is 15.6. The zero-order chi connectivity index (χ0) is 19.4. The highest BCUT2D eigenvalue weighted by molar-refractivity contribution is 5.92. The van der Waals surface area contributed by atoms with Crippen molar-refractivity contribution in [3.63, 3.8) is 0 Å². The second-order valence-corrected chi connectivity index (χ2v) is 6.59. The van der Waals surface area contributed by atoms with E-state index in [1.807, 2.05) is 30.3 Å². The van der Waals surface area contributed by atoms with Crippen molar-refractivity contribution in [2.75, 3.05) is 19.7 Å². The lowest BCUT2D eigenvalue weighted by Gasteiger charge is -2.31. The van der Waals surface area contributed by atoms with Gasteiger partial charge in [0.2, 0.25) is 5.43 Å². The summed E-state index contributed by atoms with van der Waals surface area (Å²) in [6, 6.07) is 10.7. The number of esters is 1. The Morgan fingerprint density at radius 2 is 2.00 bits per heavy atom. The number of nitrogens with zero attached hydrogens (tertiary/aromatic N) is 3. The quantitative estimate of drug-likeness (QED) is 0.770. The van der Waals surface area contributed by atoms with Crippen molar-refractivity contribution in [3.8, 4) is 5.69 Å². The number of benzene rings is 1. The lowest BCUT2D eigenvalue weighted by atomic mass is 9.98. The Morgan fingerprint density at radius 3 is 2.70 bits per heavy atom. The molecular weight excluding hydrogens is 346 g/mol. The highest BCUT2D eigenvalue weighted by Crippen LogP contribution is 2.19. The molecule has 0 radical (unpaired) electrons. The summed E-state index contributed by atoms with van der Waals surface area (Å²) in [5, 5.41) is 4.32. The molecule has 27 heavy (non-hydrogen) atoms. The minimum Gasteiger partial charge on any atom is -0.466 e. The second kappa shape index (κ2) is 8.16. The van der Waals surface area contributed by atoms with Gasteiger partial charge in [0.05, 0.1) is 18.2 Å². The molecule has 7 nitrogen and oxygen atoms in total. The van der Waals surface area contributed by atoms with E-state index in [-0.39, 0.29) is 24.1 Å². The number of rotatable bonds is 4. The summed E-state index contributed by atoms with van der Waals surface area (Å²) in [5.41, 5.74) is 0.870. The minimum absolute atomic E-state index is 0.131. The van der Waals surface area contributed by atoms with Gasteiger partial charge in [-0.25, -0.2) is 4.68 Å². The van der Waals surface area contributed by atoms with Crippen LogP contribution in [0.15, 0.2) is 41.2 Å². The number of likely N-dealkylation sites (tertiary alicyclic amines) is 1. The summed E-state index contributed by atoms with van der Waals surface area (Å²) >= 11 is 0. The summed E-state index contributed by atoms with van der Waals surface area (Å²) in [6.07, 6.45) is 1.37. The lowest BCUT2D eigenvalue weighted by molar-refractivity contribution is -0.149. The van der Waals surface area contributed by atoms with Crippen molar-refractivity contribution in [1.29, 1.82) is 0 Å². The first-order valence-corrected chi connectivity index (χ1v) is 9.13. The van der Waals surface area contributed by atoms with E-state index in [0.717, 1.165) is 5.69 Å². The third kappa shape index (κ3) is 4.07. The van der Waals surface area contributed by atoms with E-state index >= 15 is 0 Å². The first-order chi connectivity index (χ1) is 13.0. The number of carbonyl (C=O) groups is 2. The SMILES string of the molecule is CCOC(=O)[C@@H]1CCCN(C(=O)c2nn(-c3ccccc3)c(C)cc2=O)C1. The van der Waals surface area contributed by atoms with Crippen LogP contribution in [-0.4, -0.2) is 46.3 Å². The molecule has 1 aromatic heterocycles. The van der Waals surface area contributed by atoms with E-state index in [0.29, 0.717) is 31.7 Å². The topological polar surface area (TPSA) is 81.5 Å². The first-order valence-electron chi connectivity index (χ1n) is 9.13. The third-order valence-corrected chi connectivity index (χ3v) is 4.64. The normalized spacial score (nSPS) is 16.8. The summed E-state index contributed by atoms with van der Waals surface area (Å²) in [4.78, 5) is 38.9. The molecule has 1 fully saturated rings. The van der Waals surface area contributed by atoms with Crippen molar-refractivity contribution >= 4 is 11.9 Å². The molecule has 3 rings (SSSR count). The minimum atomic E-state index is -0.446. The molecule has 0 aliphatic carbocycles. The predicted molar refractivity (Wildman–Crippen MR) is 99.8 cm³/mol. The van der Waals surface area contributed by atoms with Crippen LogP contribution in [0.4, 0.5) is 0 Å². The van der Waals surface area contributed by atoms with Crippen LogP contribution in [0, 0.1) is 12.8 Å². The van der Waals surface area contributed by atoms with Gasteiger partial charge in [-0.15, -0.1) is 0 Å². The fourth-order valence-electron chi connectivity index (χ4n) is 3.29. The summed E-state index contributed by atoms with van der Waals surface area (Å²) in [7, 11) is 0. The van der Waals surface area contributed by atoms with Crippen LogP contribution in [0.3, 0.4) is 0 Å². The first kappa shape index (κ1) is 18.8. The Kier molecular flexibility index (Phi) is 5.69. The second-order valence-electron chi connectivity index (χ2n) is 6.59. The molecule has 1 amide bonds. The number of aryl methyl sites for hydroxylation is 1. The Balaban J connectivity index is 1.88. The Labute approximate surface area is 157 Å². The van der Waals surface area contributed by atoms with E-state index in [9.17, 15) is 14.4 Å². The van der Waals surface area contributed by atoms with Crippen LogP contribution in [0.25, 0.3) is 5.69 Å². The molecule has 1 aromatic carbocycles. The standard InChI is InChI=1S/C20H23N3O4/c1-3-27-20(26)15-8-7-11-22(13-15)19(25)18-17(24)12-14(2)23(21-18)16-9-5-4-6-10-16/h4-6,9-10,12,15H,3,7-8,11,13H2,1-2H3/t15-/m1/s1.